The van der Waals surface area contributed by atoms with Gasteiger partial charge in [0.25, 0.3) is 0 Å². The van der Waals surface area contributed by atoms with E-state index in [0.29, 0.717) is 19.3 Å². The average Bonchev–Trinajstić information content (AvgIpc) is 1.28. The second-order valence-corrected chi connectivity index (χ2v) is 25.2. The lowest BCUT2D eigenvalue weighted by Gasteiger charge is -2.31. The molecule has 21 N–H and O–H groups in total. The molecule has 540 valence electrons. The maximum Gasteiger partial charge on any atom is 0.329 e. The van der Waals surface area contributed by atoms with E-state index in [2.05, 4.69) is 69.1 Å². The Labute approximate surface area is 562 Å². The number of carboxylic acid groups (broad SMARTS) is 1. The monoisotopic (exact) mass is 1360 g/mol. The number of nitrogens with one attached hydrogen (secondary N) is 15. The molecule has 2 rings (SSSR count). The number of benzene rings is 1. The summed E-state index contributed by atoms with van der Waals surface area (Å²) in [6, 6.07) is -6.25. The van der Waals surface area contributed by atoms with E-state index >= 15 is 0 Å². The van der Waals surface area contributed by atoms with Crippen LogP contribution in [0.2, 0.25) is 0 Å². The largest absolute Gasteiger partial charge is 0.481 e. The van der Waals surface area contributed by atoms with E-state index < -0.39 is 187 Å². The summed E-state index contributed by atoms with van der Waals surface area (Å²) in [4.78, 5) is 169. The summed E-state index contributed by atoms with van der Waals surface area (Å²) in [5.74, 6) is -14.4. The van der Waals surface area contributed by atoms with Crippen molar-refractivity contribution in [3.05, 3.63) is 35.9 Å². The lowest BCUT2D eigenvalue weighted by Crippen LogP contribution is -2.63. The standard InChI is InChI=1S/C64H109N17O15/c1-13-34(7)47(78-55(88)43(69-12)31-39-22-18-17-19-23-39)58(91)73-40(24-20-28-70-63(65)66)52(85)72-42(26-27-46(83)84)54(87)77-49(36(9)15-3)60(93)79-48(35(8)14-2)59(92)76-45(32-82)57(90)81-51-38(11)96-62(95)50(37(10)16-4)80-56(89)44(30-33(5)6)75-53(86)41(74-61(51)94)25-21-29-71-64(67)68/h17-19,22-23,33-38,40-45,47-51,69,82H,13-16,20-21,24-32H2,1-12H3,(H,72,85)(H,73,91)(H,74,94)(H,75,86)(H,76,92)(H,77,87)(H,78,88)(H,79,93)(H,80,89)(H,81,90)(H,83,84)(H4,65,66,70)(H4,67,68,71)/t34-,35-,36+,37-,38-,40-,41-,42+,43+,44-,45-,47-,48-,49+,50-,51+/m0/s1. The van der Waals surface area contributed by atoms with Crippen molar-refractivity contribution in [1.82, 2.24) is 69.1 Å². The van der Waals surface area contributed by atoms with Crippen LogP contribution < -0.4 is 80.6 Å². The Balaban J connectivity index is 2.56. The van der Waals surface area contributed by atoms with Crippen LogP contribution in [0.5, 0.6) is 0 Å². The Bertz CT molecular complexity index is 2780. The summed E-state index contributed by atoms with van der Waals surface area (Å²) in [5, 5.41) is 70.1. The summed E-state index contributed by atoms with van der Waals surface area (Å²) in [7, 11) is 1.61. The fraction of sp³-hybridized carbons (Fsp3) is 0.688. The number of ether oxygens (including phenoxy) is 1. The van der Waals surface area contributed by atoms with E-state index in [1.54, 1.807) is 55.5 Å². The number of aliphatic hydroxyl groups is 1. The highest BCUT2D eigenvalue weighted by atomic mass is 16.5. The van der Waals surface area contributed by atoms with Crippen LogP contribution >= 0.6 is 0 Å². The zero-order valence-corrected chi connectivity index (χ0v) is 57.7. The zero-order valence-electron chi connectivity index (χ0n) is 57.7. The summed E-state index contributed by atoms with van der Waals surface area (Å²) in [5.41, 5.74) is 11.8. The highest BCUT2D eigenvalue weighted by Crippen LogP contribution is 2.19. The summed E-state index contributed by atoms with van der Waals surface area (Å²) in [6.45, 7) is 17.6. The minimum absolute atomic E-state index is 0.0777. The highest BCUT2D eigenvalue weighted by Gasteiger charge is 2.42. The van der Waals surface area contributed by atoms with Crippen molar-refractivity contribution in [2.24, 2.45) is 41.1 Å². The third kappa shape index (κ3) is 28.3. The molecule has 0 spiro atoms. The van der Waals surface area contributed by atoms with Crippen molar-refractivity contribution in [2.45, 2.75) is 226 Å². The van der Waals surface area contributed by atoms with Crippen LogP contribution in [0.15, 0.2) is 30.3 Å². The molecule has 16 atom stereocenters. The number of carbonyl (C=O) groups is 12. The zero-order chi connectivity index (χ0) is 72.5. The molecule has 0 bridgehead atoms. The Morgan fingerprint density at radius 1 is 0.583 bits per heavy atom. The SMILES string of the molecule is CC[C@@H](C)[C@@H](NC(=O)[C@@H](CCC(=O)O)NC(=O)[C@H](CCCNC(=N)N)NC(=O)[C@@H](NC(=O)[C@@H](Cc1ccccc1)NC)[C@@H](C)CC)C(=O)N[C@H](C(=O)N[C@@H](CO)C(=O)N[C@H]1C(=O)N[C@@H](CCCNC(=N)N)C(=O)N[C@@H](CC(C)C)C(=O)N[C@@H]([C@@H](C)CC)C(=O)O[C@H]1C)[C@@H](C)CC. The van der Waals surface area contributed by atoms with Gasteiger partial charge in [0.15, 0.2) is 11.9 Å². The van der Waals surface area contributed by atoms with E-state index in [4.69, 9.17) is 27.0 Å². The van der Waals surface area contributed by atoms with Crippen molar-refractivity contribution < 1.29 is 72.5 Å². The number of hydrogen-bond donors (Lipinski definition) is 19. The quantitative estimate of drug-likeness (QED) is 0.0150. The second kappa shape index (κ2) is 42.7. The molecule has 0 aliphatic carbocycles. The lowest BCUT2D eigenvalue weighted by atomic mass is 9.94. The molecule has 32 heteroatoms. The van der Waals surface area contributed by atoms with E-state index in [1.807, 2.05) is 51.1 Å². The van der Waals surface area contributed by atoms with Crippen LogP contribution in [0.4, 0.5) is 0 Å². The van der Waals surface area contributed by atoms with Gasteiger partial charge in [0.1, 0.15) is 66.5 Å². The predicted octanol–water partition coefficient (Wildman–Crippen LogP) is -1.78. The molecule has 1 heterocycles. The molecular formula is C64H109N17O15. The minimum Gasteiger partial charge on any atom is -0.481 e. The first kappa shape index (κ1) is 83.4. The molecule has 1 aliphatic heterocycles. The molecule has 32 nitrogen and oxygen atoms in total. The van der Waals surface area contributed by atoms with E-state index in [-0.39, 0.29) is 75.9 Å². The first-order valence-corrected chi connectivity index (χ1v) is 33.2. The molecule has 1 aliphatic rings. The molecule has 1 aromatic rings. The number of aliphatic carboxylic acids is 1. The molecule has 0 saturated carbocycles. The molecule has 1 saturated heterocycles. The van der Waals surface area contributed by atoms with Gasteiger partial charge < -0.3 is 95.5 Å². The number of guanidine groups is 2. The first-order valence-electron chi connectivity index (χ1n) is 33.2. The van der Waals surface area contributed by atoms with Gasteiger partial charge in [0, 0.05) is 19.5 Å². The van der Waals surface area contributed by atoms with Gasteiger partial charge in [-0.05, 0) is 94.1 Å². The van der Waals surface area contributed by atoms with Gasteiger partial charge in [-0.15, -0.1) is 0 Å². The van der Waals surface area contributed by atoms with Gasteiger partial charge in [-0.3, -0.25) is 63.6 Å². The molecule has 10 amide bonds. The van der Waals surface area contributed by atoms with Gasteiger partial charge in [0.05, 0.1) is 12.6 Å². The number of aliphatic hydroxyl groups excluding tert-OH is 1. The number of carbonyl (C=O) groups excluding carboxylic acids is 11. The van der Waals surface area contributed by atoms with Crippen molar-refractivity contribution >= 4 is 82.9 Å². The van der Waals surface area contributed by atoms with E-state index in [1.165, 1.54) is 6.92 Å². The van der Waals surface area contributed by atoms with Crippen molar-refractivity contribution in [2.75, 3.05) is 26.7 Å². The van der Waals surface area contributed by atoms with Crippen LogP contribution in [-0.2, 0) is 68.7 Å². The lowest BCUT2D eigenvalue weighted by molar-refractivity contribution is -0.157. The number of nitrogens with two attached hydrogens (primary N) is 2. The molecular weight excluding hydrogens is 1250 g/mol. The van der Waals surface area contributed by atoms with Gasteiger partial charge >= 0.3 is 11.9 Å². The molecule has 0 unspecified atom stereocenters. The Hall–Kier alpha value is -8.68. The molecule has 1 fully saturated rings. The van der Waals surface area contributed by atoms with Crippen molar-refractivity contribution in [1.29, 1.82) is 10.8 Å². The number of amides is 10. The number of esters is 1. The summed E-state index contributed by atoms with van der Waals surface area (Å²) < 4.78 is 5.80. The van der Waals surface area contributed by atoms with Crippen molar-refractivity contribution in [3.8, 4) is 0 Å². The van der Waals surface area contributed by atoms with E-state index in [0.717, 1.165) is 5.56 Å². The van der Waals surface area contributed by atoms with E-state index in [9.17, 15) is 67.7 Å². The number of cyclic esters (lactones) is 1. The third-order valence-corrected chi connectivity index (χ3v) is 17.1. The topological polar surface area (TPSA) is 511 Å². The minimum atomic E-state index is -1.86. The number of likely N-dealkylation sites (N-methyl/N-ethyl adjacent to an activating group) is 1. The first-order chi connectivity index (χ1) is 45.3. The molecule has 0 aromatic heterocycles. The van der Waals surface area contributed by atoms with Gasteiger partial charge in [-0.1, -0.05) is 125 Å². The maximum absolute atomic E-state index is 14.6. The fourth-order valence-electron chi connectivity index (χ4n) is 10.3. The van der Waals surface area contributed by atoms with Crippen LogP contribution in [0.1, 0.15) is 152 Å². The second-order valence-electron chi connectivity index (χ2n) is 25.2. The third-order valence-electron chi connectivity index (χ3n) is 17.1. The number of hydrogen-bond acceptors (Lipinski definition) is 17. The molecule has 0 radical (unpaired) electrons. The van der Waals surface area contributed by atoms with Crippen LogP contribution in [0, 0.1) is 40.4 Å². The highest BCUT2D eigenvalue weighted by molar-refractivity contribution is 6.00. The normalized spacial score (nSPS) is 20.2. The van der Waals surface area contributed by atoms with Crippen LogP contribution in [0.3, 0.4) is 0 Å². The predicted molar refractivity (Wildman–Crippen MR) is 357 cm³/mol. The van der Waals surface area contributed by atoms with Gasteiger partial charge in [-0.2, -0.15) is 0 Å². The Morgan fingerprint density at radius 2 is 1.04 bits per heavy atom. The number of rotatable bonds is 39. The Kier molecular flexibility index (Phi) is 37.1. The van der Waals surface area contributed by atoms with Crippen LogP contribution in [0.25, 0.3) is 0 Å². The summed E-state index contributed by atoms with van der Waals surface area (Å²) in [6.07, 6.45) is -0.896. The van der Waals surface area contributed by atoms with Crippen molar-refractivity contribution in [3.63, 3.8) is 0 Å². The smallest absolute Gasteiger partial charge is 0.329 e. The van der Waals surface area contributed by atoms with Gasteiger partial charge in [-0.25, -0.2) is 4.79 Å². The Morgan fingerprint density at radius 3 is 1.53 bits per heavy atom. The maximum atomic E-state index is 14.6. The molecule has 96 heavy (non-hydrogen) atoms. The van der Waals surface area contributed by atoms with Gasteiger partial charge in [0.2, 0.25) is 59.1 Å². The number of carboxylic acids is 1. The molecule has 1 aromatic carbocycles. The summed E-state index contributed by atoms with van der Waals surface area (Å²) >= 11 is 0. The van der Waals surface area contributed by atoms with Crippen LogP contribution in [-0.4, -0.2) is 192 Å². The average molecular weight is 1360 g/mol. The fourth-order valence-corrected chi connectivity index (χ4v) is 10.3.